The molecular formula is C14H18N2O2. The lowest BCUT2D eigenvalue weighted by Gasteiger charge is -2.05. The number of nitrogens with zero attached hydrogens (tertiary/aromatic N) is 1. The van der Waals surface area contributed by atoms with Gasteiger partial charge in [-0.05, 0) is 25.5 Å². The van der Waals surface area contributed by atoms with Crippen molar-refractivity contribution >= 4 is 0 Å². The van der Waals surface area contributed by atoms with Gasteiger partial charge in [0.2, 0.25) is 5.89 Å². The van der Waals surface area contributed by atoms with Crippen molar-refractivity contribution in [3.63, 3.8) is 0 Å². The smallest absolute Gasteiger partial charge is 0.211 e. The van der Waals surface area contributed by atoms with Crippen LogP contribution in [-0.2, 0) is 0 Å². The van der Waals surface area contributed by atoms with Gasteiger partial charge < -0.3 is 14.9 Å². The molecule has 0 fully saturated rings. The van der Waals surface area contributed by atoms with Gasteiger partial charge >= 0.3 is 0 Å². The highest BCUT2D eigenvalue weighted by Gasteiger charge is 2.10. The highest BCUT2D eigenvalue weighted by Crippen LogP contribution is 2.25. The monoisotopic (exact) mass is 246 g/mol. The molecule has 0 amide bonds. The molecule has 4 nitrogen and oxygen atoms in total. The van der Waals surface area contributed by atoms with Crippen molar-refractivity contribution in [3.8, 4) is 17.1 Å². The molecule has 0 bridgehead atoms. The maximum absolute atomic E-state index is 5.72. The van der Waals surface area contributed by atoms with Crippen LogP contribution in [-0.4, -0.2) is 11.6 Å². The third kappa shape index (κ3) is 2.90. The zero-order valence-corrected chi connectivity index (χ0v) is 10.7. The van der Waals surface area contributed by atoms with Crippen LogP contribution in [0.3, 0.4) is 0 Å². The Labute approximate surface area is 107 Å². The largest absolute Gasteiger partial charge is 0.494 e. The molecule has 1 aromatic heterocycles. The number of hydrogen-bond donors (Lipinski definition) is 1. The van der Waals surface area contributed by atoms with E-state index < -0.39 is 0 Å². The molecule has 2 aromatic rings. The summed E-state index contributed by atoms with van der Waals surface area (Å²) in [5.41, 5.74) is 6.67. The van der Waals surface area contributed by atoms with E-state index in [-0.39, 0.29) is 6.04 Å². The normalized spacial score (nSPS) is 12.4. The van der Waals surface area contributed by atoms with Crippen molar-refractivity contribution in [2.45, 2.75) is 26.3 Å². The molecule has 1 heterocycles. The van der Waals surface area contributed by atoms with Crippen LogP contribution in [0.5, 0.6) is 5.75 Å². The Balaban J connectivity index is 2.21. The van der Waals surface area contributed by atoms with E-state index in [9.17, 15) is 0 Å². The van der Waals surface area contributed by atoms with Crippen LogP contribution in [0.1, 0.15) is 32.2 Å². The molecule has 2 rings (SSSR count). The molecule has 1 aromatic carbocycles. The Morgan fingerprint density at radius 3 is 2.94 bits per heavy atom. The Morgan fingerprint density at radius 2 is 2.28 bits per heavy atom. The van der Waals surface area contributed by atoms with Gasteiger partial charge in [-0.15, -0.1) is 0 Å². The van der Waals surface area contributed by atoms with Gasteiger partial charge in [-0.2, -0.15) is 0 Å². The standard InChI is InChI=1S/C14H18N2O2/c1-3-7-17-12-6-4-5-11(8-12)13-9-16-14(18-13)10(2)15/h4-6,8-10H,3,7,15H2,1-2H3. The SMILES string of the molecule is CCCOc1cccc(-c2cnc(C(C)N)o2)c1. The average molecular weight is 246 g/mol. The Morgan fingerprint density at radius 1 is 1.44 bits per heavy atom. The van der Waals surface area contributed by atoms with Crippen molar-refractivity contribution in [2.24, 2.45) is 5.73 Å². The molecule has 0 spiro atoms. The molecule has 0 aliphatic carbocycles. The molecular weight excluding hydrogens is 228 g/mol. The average Bonchev–Trinajstić information content (AvgIpc) is 2.86. The van der Waals surface area contributed by atoms with E-state index in [1.165, 1.54) is 0 Å². The third-order valence-electron chi connectivity index (χ3n) is 2.50. The minimum absolute atomic E-state index is 0.196. The molecule has 0 radical (unpaired) electrons. The fourth-order valence-corrected chi connectivity index (χ4v) is 1.59. The second-order valence-electron chi connectivity index (χ2n) is 4.23. The molecule has 1 unspecified atom stereocenters. The Hall–Kier alpha value is -1.81. The van der Waals surface area contributed by atoms with Crippen molar-refractivity contribution in [1.82, 2.24) is 4.98 Å². The third-order valence-corrected chi connectivity index (χ3v) is 2.50. The first-order valence-corrected chi connectivity index (χ1v) is 6.15. The lowest BCUT2D eigenvalue weighted by molar-refractivity contribution is 0.317. The summed E-state index contributed by atoms with van der Waals surface area (Å²) in [5, 5.41) is 0. The van der Waals surface area contributed by atoms with Gasteiger partial charge in [0.05, 0.1) is 18.8 Å². The zero-order valence-electron chi connectivity index (χ0n) is 10.7. The zero-order chi connectivity index (χ0) is 13.0. The van der Waals surface area contributed by atoms with Gasteiger partial charge in [0.1, 0.15) is 5.75 Å². The van der Waals surface area contributed by atoms with E-state index in [4.69, 9.17) is 14.9 Å². The number of ether oxygens (including phenoxy) is 1. The van der Waals surface area contributed by atoms with Crippen LogP contribution in [0.25, 0.3) is 11.3 Å². The minimum atomic E-state index is -0.196. The van der Waals surface area contributed by atoms with Crippen LogP contribution in [0.15, 0.2) is 34.9 Å². The van der Waals surface area contributed by atoms with Crippen molar-refractivity contribution in [3.05, 3.63) is 36.4 Å². The van der Waals surface area contributed by atoms with Crippen LogP contribution >= 0.6 is 0 Å². The van der Waals surface area contributed by atoms with E-state index in [2.05, 4.69) is 11.9 Å². The number of aromatic nitrogens is 1. The first kappa shape index (κ1) is 12.6. The molecule has 2 N–H and O–H groups in total. The second kappa shape index (κ2) is 5.69. The van der Waals surface area contributed by atoms with Gasteiger partial charge in [0.25, 0.3) is 0 Å². The maximum Gasteiger partial charge on any atom is 0.211 e. The molecule has 4 heteroatoms. The lowest BCUT2D eigenvalue weighted by atomic mass is 10.2. The number of nitrogens with two attached hydrogens (primary N) is 1. The topological polar surface area (TPSA) is 61.3 Å². The summed E-state index contributed by atoms with van der Waals surface area (Å²) in [6.07, 6.45) is 2.68. The molecule has 0 saturated heterocycles. The quantitative estimate of drug-likeness (QED) is 0.880. The molecule has 0 aliphatic heterocycles. The highest BCUT2D eigenvalue weighted by atomic mass is 16.5. The summed E-state index contributed by atoms with van der Waals surface area (Å²) in [6.45, 7) is 4.64. The van der Waals surface area contributed by atoms with Crippen molar-refractivity contribution < 1.29 is 9.15 Å². The van der Waals surface area contributed by atoms with Crippen LogP contribution in [0.2, 0.25) is 0 Å². The van der Waals surface area contributed by atoms with Crippen LogP contribution in [0.4, 0.5) is 0 Å². The van der Waals surface area contributed by atoms with E-state index >= 15 is 0 Å². The van der Waals surface area contributed by atoms with Gasteiger partial charge in [-0.3, -0.25) is 0 Å². The van der Waals surface area contributed by atoms with Gasteiger partial charge in [-0.1, -0.05) is 19.1 Å². The van der Waals surface area contributed by atoms with E-state index in [1.807, 2.05) is 31.2 Å². The lowest BCUT2D eigenvalue weighted by Crippen LogP contribution is -2.04. The fourth-order valence-electron chi connectivity index (χ4n) is 1.59. The van der Waals surface area contributed by atoms with E-state index in [0.29, 0.717) is 18.3 Å². The first-order chi connectivity index (χ1) is 8.70. The summed E-state index contributed by atoms with van der Waals surface area (Å²) < 4.78 is 11.2. The second-order valence-corrected chi connectivity index (χ2v) is 4.23. The van der Waals surface area contributed by atoms with Gasteiger partial charge in [0, 0.05) is 5.56 Å². The maximum atomic E-state index is 5.72. The van der Waals surface area contributed by atoms with Crippen LogP contribution in [0, 0.1) is 0 Å². The molecule has 18 heavy (non-hydrogen) atoms. The Kier molecular flexibility index (Phi) is 3.99. The van der Waals surface area contributed by atoms with Crippen molar-refractivity contribution in [2.75, 3.05) is 6.61 Å². The van der Waals surface area contributed by atoms with E-state index in [0.717, 1.165) is 17.7 Å². The molecule has 0 saturated carbocycles. The molecule has 0 aliphatic rings. The first-order valence-electron chi connectivity index (χ1n) is 6.15. The van der Waals surface area contributed by atoms with Crippen molar-refractivity contribution in [1.29, 1.82) is 0 Å². The number of rotatable bonds is 5. The summed E-state index contributed by atoms with van der Waals surface area (Å²) in [5.74, 6) is 2.10. The predicted molar refractivity (Wildman–Crippen MR) is 70.3 cm³/mol. The predicted octanol–water partition coefficient (Wildman–Crippen LogP) is 3.15. The highest BCUT2D eigenvalue weighted by molar-refractivity contribution is 5.58. The summed E-state index contributed by atoms with van der Waals surface area (Å²) in [6, 6.07) is 7.58. The summed E-state index contributed by atoms with van der Waals surface area (Å²) in [7, 11) is 0. The van der Waals surface area contributed by atoms with Gasteiger partial charge in [0.15, 0.2) is 5.76 Å². The summed E-state index contributed by atoms with van der Waals surface area (Å²) >= 11 is 0. The number of oxazole rings is 1. The Bertz CT molecular complexity index is 506. The fraction of sp³-hybridized carbons (Fsp3) is 0.357. The number of hydrogen-bond acceptors (Lipinski definition) is 4. The number of benzene rings is 1. The molecule has 96 valence electrons. The summed E-state index contributed by atoms with van der Waals surface area (Å²) in [4.78, 5) is 4.15. The van der Waals surface area contributed by atoms with Gasteiger partial charge in [-0.25, -0.2) is 4.98 Å². The minimum Gasteiger partial charge on any atom is -0.494 e. The molecule has 1 atom stereocenters. The van der Waals surface area contributed by atoms with Crippen LogP contribution < -0.4 is 10.5 Å². The van der Waals surface area contributed by atoms with E-state index in [1.54, 1.807) is 6.20 Å².